The maximum Gasteiger partial charge on any atom is 0.287 e. The summed E-state index contributed by atoms with van der Waals surface area (Å²) < 4.78 is 5.73. The van der Waals surface area contributed by atoms with Crippen LogP contribution in [0.2, 0.25) is 0 Å². The van der Waals surface area contributed by atoms with Crippen LogP contribution in [-0.2, 0) is 6.54 Å². The van der Waals surface area contributed by atoms with E-state index in [0.29, 0.717) is 17.0 Å². The molecule has 1 amide bonds. The van der Waals surface area contributed by atoms with E-state index in [2.05, 4.69) is 41.2 Å². The van der Waals surface area contributed by atoms with Crippen molar-refractivity contribution in [3.05, 3.63) is 43.9 Å². The van der Waals surface area contributed by atoms with Gasteiger partial charge in [0.05, 0.1) is 6.54 Å². The highest BCUT2D eigenvalue weighted by molar-refractivity contribution is 9.10. The molecule has 0 saturated heterocycles. The van der Waals surface area contributed by atoms with Crippen molar-refractivity contribution < 1.29 is 9.21 Å². The van der Waals surface area contributed by atoms with Crippen LogP contribution >= 0.6 is 27.3 Å². The summed E-state index contributed by atoms with van der Waals surface area (Å²) in [7, 11) is 0. The predicted octanol–water partition coefficient (Wildman–Crippen LogP) is 3.65. The minimum Gasteiger partial charge on any atom is -0.444 e. The van der Waals surface area contributed by atoms with Gasteiger partial charge in [0, 0.05) is 9.75 Å². The van der Waals surface area contributed by atoms with Crippen LogP contribution in [-0.4, -0.2) is 5.91 Å². The normalized spacial score (nSPS) is 10.5. The third-order valence-electron chi connectivity index (χ3n) is 2.44. The third-order valence-corrected chi connectivity index (χ3v) is 4.02. The monoisotopic (exact) mass is 313 g/mol. The molecule has 17 heavy (non-hydrogen) atoms. The van der Waals surface area contributed by atoms with Gasteiger partial charge in [0.15, 0.2) is 10.4 Å². The van der Waals surface area contributed by atoms with E-state index >= 15 is 0 Å². The molecule has 2 aromatic rings. The molecule has 1 N–H and O–H groups in total. The zero-order valence-corrected chi connectivity index (χ0v) is 11.9. The fourth-order valence-corrected chi connectivity index (χ4v) is 2.73. The molecule has 3 nitrogen and oxygen atoms in total. The number of hydrogen-bond acceptors (Lipinski definition) is 3. The molecule has 0 radical (unpaired) electrons. The number of aryl methyl sites for hydroxylation is 2. The van der Waals surface area contributed by atoms with E-state index < -0.39 is 0 Å². The van der Waals surface area contributed by atoms with Gasteiger partial charge in [0.25, 0.3) is 5.91 Å². The van der Waals surface area contributed by atoms with Crippen molar-refractivity contribution in [2.45, 2.75) is 20.4 Å². The van der Waals surface area contributed by atoms with Crippen LogP contribution in [0.15, 0.2) is 27.3 Å². The quantitative estimate of drug-likeness (QED) is 0.939. The van der Waals surface area contributed by atoms with Gasteiger partial charge in [-0.25, -0.2) is 0 Å². The summed E-state index contributed by atoms with van der Waals surface area (Å²) in [6.07, 6.45) is 0. The van der Waals surface area contributed by atoms with Crippen LogP contribution in [0.4, 0.5) is 0 Å². The van der Waals surface area contributed by atoms with E-state index in [-0.39, 0.29) is 5.91 Å². The summed E-state index contributed by atoms with van der Waals surface area (Å²) in [5.74, 6) is 0.126. The molecule has 5 heteroatoms. The van der Waals surface area contributed by atoms with Gasteiger partial charge < -0.3 is 9.73 Å². The Morgan fingerprint density at radius 3 is 2.76 bits per heavy atom. The average molecular weight is 314 g/mol. The standard InChI is InChI=1S/C12H12BrNO2S/c1-7-5-9(17-8(7)2)6-14-12(15)10-3-4-11(13)16-10/h3-5H,6H2,1-2H3,(H,14,15). The first-order chi connectivity index (χ1) is 8.06. The Labute approximate surface area is 112 Å². The molecule has 2 rings (SSSR count). The smallest absolute Gasteiger partial charge is 0.287 e. The molecule has 90 valence electrons. The largest absolute Gasteiger partial charge is 0.444 e. The van der Waals surface area contributed by atoms with E-state index in [9.17, 15) is 4.79 Å². The van der Waals surface area contributed by atoms with Gasteiger partial charge in [0.2, 0.25) is 0 Å². The molecule has 0 unspecified atom stereocenters. The SMILES string of the molecule is Cc1cc(CNC(=O)c2ccc(Br)o2)sc1C. The second kappa shape index (κ2) is 5.06. The first kappa shape index (κ1) is 12.4. The molecule has 0 aliphatic rings. The molecule has 0 aliphatic heterocycles. The molecule has 0 bridgehead atoms. The van der Waals surface area contributed by atoms with E-state index in [0.717, 1.165) is 4.88 Å². The number of thiophene rings is 1. The van der Waals surface area contributed by atoms with E-state index in [1.54, 1.807) is 23.5 Å². The summed E-state index contributed by atoms with van der Waals surface area (Å²) in [6.45, 7) is 4.69. The summed E-state index contributed by atoms with van der Waals surface area (Å²) in [5.41, 5.74) is 1.26. The van der Waals surface area contributed by atoms with Crippen molar-refractivity contribution in [3.63, 3.8) is 0 Å². The van der Waals surface area contributed by atoms with Crippen LogP contribution < -0.4 is 5.32 Å². The van der Waals surface area contributed by atoms with E-state index in [1.807, 2.05) is 0 Å². The second-order valence-electron chi connectivity index (χ2n) is 3.74. The molecule has 2 heterocycles. The van der Waals surface area contributed by atoms with Gasteiger partial charge in [-0.1, -0.05) is 0 Å². The summed E-state index contributed by atoms with van der Waals surface area (Å²) >= 11 is 4.87. The van der Waals surface area contributed by atoms with Gasteiger partial charge in [-0.2, -0.15) is 0 Å². The number of furan rings is 1. The van der Waals surface area contributed by atoms with Crippen LogP contribution in [0.3, 0.4) is 0 Å². The molecule has 0 spiro atoms. The topological polar surface area (TPSA) is 42.2 Å². The van der Waals surface area contributed by atoms with Crippen molar-refractivity contribution in [2.24, 2.45) is 0 Å². The highest BCUT2D eigenvalue weighted by Crippen LogP contribution is 2.20. The number of carbonyl (C=O) groups is 1. The number of halogens is 1. The Hall–Kier alpha value is -1.07. The van der Waals surface area contributed by atoms with Crippen LogP contribution in [0.25, 0.3) is 0 Å². The van der Waals surface area contributed by atoms with Gasteiger partial charge >= 0.3 is 0 Å². The first-order valence-electron chi connectivity index (χ1n) is 5.15. The van der Waals surface area contributed by atoms with Crippen molar-refractivity contribution in [2.75, 3.05) is 0 Å². The van der Waals surface area contributed by atoms with Gasteiger partial charge in [0.1, 0.15) is 0 Å². The van der Waals surface area contributed by atoms with Crippen molar-refractivity contribution >= 4 is 33.2 Å². The number of carbonyl (C=O) groups excluding carboxylic acids is 1. The molecular formula is C12H12BrNO2S. The van der Waals surface area contributed by atoms with Crippen molar-refractivity contribution in [3.8, 4) is 0 Å². The Morgan fingerprint density at radius 2 is 2.24 bits per heavy atom. The van der Waals surface area contributed by atoms with Gasteiger partial charge in [-0.05, 0) is 53.5 Å². The molecule has 0 fully saturated rings. The predicted molar refractivity (Wildman–Crippen MR) is 71.4 cm³/mol. The maximum atomic E-state index is 11.7. The summed E-state index contributed by atoms with van der Waals surface area (Å²) in [5, 5.41) is 2.83. The highest BCUT2D eigenvalue weighted by atomic mass is 79.9. The van der Waals surface area contributed by atoms with Gasteiger partial charge in [-0.3, -0.25) is 4.79 Å². The van der Waals surface area contributed by atoms with Crippen molar-refractivity contribution in [1.29, 1.82) is 0 Å². The number of hydrogen-bond donors (Lipinski definition) is 1. The van der Waals surface area contributed by atoms with Gasteiger partial charge in [-0.15, -0.1) is 11.3 Å². The Kier molecular flexibility index (Phi) is 3.69. The zero-order chi connectivity index (χ0) is 12.4. The second-order valence-corrected chi connectivity index (χ2v) is 5.86. The lowest BCUT2D eigenvalue weighted by Gasteiger charge is -2.00. The number of amides is 1. The lowest BCUT2D eigenvalue weighted by molar-refractivity contribution is 0.0922. The fraction of sp³-hybridized carbons (Fsp3) is 0.250. The molecule has 0 atom stereocenters. The first-order valence-corrected chi connectivity index (χ1v) is 6.76. The average Bonchev–Trinajstić information content (AvgIpc) is 2.83. The number of rotatable bonds is 3. The Balaban J connectivity index is 1.96. The van der Waals surface area contributed by atoms with Crippen LogP contribution in [0.1, 0.15) is 25.9 Å². The molecule has 0 aromatic carbocycles. The molecule has 0 aliphatic carbocycles. The molecule has 0 saturated carbocycles. The molecular weight excluding hydrogens is 302 g/mol. The maximum absolute atomic E-state index is 11.7. The molecule has 2 aromatic heterocycles. The third kappa shape index (κ3) is 2.98. The lowest BCUT2D eigenvalue weighted by atomic mass is 10.3. The Bertz CT molecular complexity index is 525. The summed E-state index contributed by atoms with van der Waals surface area (Å²) in [4.78, 5) is 14.1. The lowest BCUT2D eigenvalue weighted by Crippen LogP contribution is -2.21. The van der Waals surface area contributed by atoms with E-state index in [1.165, 1.54) is 10.4 Å². The van der Waals surface area contributed by atoms with E-state index in [4.69, 9.17) is 4.42 Å². The van der Waals surface area contributed by atoms with Crippen LogP contribution in [0.5, 0.6) is 0 Å². The highest BCUT2D eigenvalue weighted by Gasteiger charge is 2.10. The fourth-order valence-electron chi connectivity index (χ4n) is 1.43. The van der Waals surface area contributed by atoms with Crippen molar-refractivity contribution in [1.82, 2.24) is 5.32 Å². The summed E-state index contributed by atoms with van der Waals surface area (Å²) in [6, 6.07) is 5.44. The minimum atomic E-state index is -0.195. The Morgan fingerprint density at radius 1 is 1.47 bits per heavy atom. The van der Waals surface area contributed by atoms with Crippen LogP contribution in [0, 0.1) is 13.8 Å². The zero-order valence-electron chi connectivity index (χ0n) is 9.54. The minimum absolute atomic E-state index is 0.195. The number of nitrogens with one attached hydrogen (secondary N) is 1.